The fourth-order valence-electron chi connectivity index (χ4n) is 1.79. The molecule has 19 heavy (non-hydrogen) atoms. The van der Waals surface area contributed by atoms with Crippen LogP contribution in [0.1, 0.15) is 19.4 Å². The Morgan fingerprint density at radius 1 is 1.42 bits per heavy atom. The van der Waals surface area contributed by atoms with Crippen molar-refractivity contribution < 1.29 is 4.92 Å². The van der Waals surface area contributed by atoms with Gasteiger partial charge in [0, 0.05) is 24.8 Å². The maximum absolute atomic E-state index is 10.8. The predicted molar refractivity (Wildman–Crippen MR) is 74.1 cm³/mol. The quantitative estimate of drug-likeness (QED) is 0.601. The lowest BCUT2D eigenvalue weighted by Crippen LogP contribution is -2.28. The summed E-state index contributed by atoms with van der Waals surface area (Å²) in [6.07, 6.45) is 0. The lowest BCUT2D eigenvalue weighted by atomic mass is 10.2. The summed E-state index contributed by atoms with van der Waals surface area (Å²) in [4.78, 5) is 12.5. The molecule has 0 aliphatic rings. The molecule has 1 N–H and O–H groups in total. The summed E-state index contributed by atoms with van der Waals surface area (Å²) in [5.41, 5.74) is 0.590. The molecule has 0 amide bonds. The Morgan fingerprint density at radius 2 is 2.11 bits per heavy atom. The molecule has 0 fully saturated rings. The highest BCUT2D eigenvalue weighted by Crippen LogP contribution is 2.22. The van der Waals surface area contributed by atoms with E-state index >= 15 is 0 Å². The van der Waals surface area contributed by atoms with Crippen molar-refractivity contribution in [2.24, 2.45) is 0 Å². The molecule has 0 heterocycles. The van der Waals surface area contributed by atoms with Gasteiger partial charge in [0.1, 0.15) is 11.6 Å². The number of anilines is 1. The van der Waals surface area contributed by atoms with Crippen LogP contribution >= 0.6 is 0 Å². The largest absolute Gasteiger partial charge is 0.384 e. The van der Waals surface area contributed by atoms with Crippen molar-refractivity contribution in [3.63, 3.8) is 0 Å². The first-order valence-corrected chi connectivity index (χ1v) is 6.27. The first kappa shape index (κ1) is 14.9. The van der Waals surface area contributed by atoms with Gasteiger partial charge in [0.2, 0.25) is 0 Å². The minimum Gasteiger partial charge on any atom is -0.384 e. The molecule has 0 aliphatic heterocycles. The minimum absolute atomic E-state index is 0.0827. The lowest BCUT2D eigenvalue weighted by molar-refractivity contribution is -0.385. The van der Waals surface area contributed by atoms with Gasteiger partial charge < -0.3 is 10.2 Å². The zero-order valence-corrected chi connectivity index (χ0v) is 11.2. The third-order valence-corrected chi connectivity index (χ3v) is 2.97. The molecular weight excluding hydrogens is 244 g/mol. The molecule has 0 atom stereocenters. The van der Waals surface area contributed by atoms with E-state index in [2.05, 4.69) is 24.1 Å². The highest BCUT2D eigenvalue weighted by Gasteiger charge is 2.13. The minimum atomic E-state index is -0.534. The number of rotatable bonds is 7. The van der Waals surface area contributed by atoms with E-state index in [4.69, 9.17) is 5.26 Å². The van der Waals surface area contributed by atoms with Gasteiger partial charge in [-0.15, -0.1) is 0 Å². The van der Waals surface area contributed by atoms with Gasteiger partial charge >= 0.3 is 0 Å². The van der Waals surface area contributed by atoms with E-state index < -0.39 is 4.92 Å². The highest BCUT2D eigenvalue weighted by atomic mass is 16.6. The molecule has 0 saturated heterocycles. The first-order valence-electron chi connectivity index (χ1n) is 6.27. The van der Waals surface area contributed by atoms with Crippen molar-refractivity contribution in [2.75, 3.05) is 31.5 Å². The van der Waals surface area contributed by atoms with Crippen molar-refractivity contribution in [2.45, 2.75) is 13.8 Å². The summed E-state index contributed by atoms with van der Waals surface area (Å²) in [7, 11) is 0. The van der Waals surface area contributed by atoms with Crippen molar-refractivity contribution >= 4 is 11.4 Å². The molecule has 0 saturated carbocycles. The fraction of sp³-hybridized carbons (Fsp3) is 0.462. The number of nitriles is 1. The smallest absolute Gasteiger partial charge is 0.289 e. The molecule has 6 heteroatoms. The molecule has 0 aliphatic carbocycles. The van der Waals surface area contributed by atoms with Gasteiger partial charge in [0.25, 0.3) is 5.69 Å². The molecule has 0 spiro atoms. The van der Waals surface area contributed by atoms with Crippen LogP contribution in [-0.4, -0.2) is 36.0 Å². The third-order valence-electron chi connectivity index (χ3n) is 2.97. The van der Waals surface area contributed by atoms with Crippen molar-refractivity contribution in [3.05, 3.63) is 33.9 Å². The van der Waals surface area contributed by atoms with Crippen LogP contribution in [0.2, 0.25) is 0 Å². The maximum Gasteiger partial charge on any atom is 0.289 e. The Bertz CT molecular complexity index is 478. The van der Waals surface area contributed by atoms with Crippen LogP contribution in [0.5, 0.6) is 0 Å². The molecule has 0 radical (unpaired) electrons. The highest BCUT2D eigenvalue weighted by molar-refractivity contribution is 5.59. The normalized spacial score (nSPS) is 10.2. The summed E-state index contributed by atoms with van der Waals surface area (Å²) in [6.45, 7) is 7.73. The summed E-state index contributed by atoms with van der Waals surface area (Å²) in [5.74, 6) is 0. The second-order valence-electron chi connectivity index (χ2n) is 4.05. The molecule has 0 unspecified atom stereocenters. The van der Waals surface area contributed by atoms with Gasteiger partial charge in [-0.3, -0.25) is 10.1 Å². The van der Waals surface area contributed by atoms with Crippen LogP contribution in [0.4, 0.5) is 11.4 Å². The lowest BCUT2D eigenvalue weighted by Gasteiger charge is -2.18. The van der Waals surface area contributed by atoms with E-state index in [0.717, 1.165) is 19.6 Å². The number of nitro benzene ring substituents is 1. The van der Waals surface area contributed by atoms with E-state index in [-0.39, 0.29) is 11.3 Å². The van der Waals surface area contributed by atoms with E-state index in [1.54, 1.807) is 6.07 Å². The molecular formula is C13H18N4O2. The molecule has 1 aromatic rings. The second-order valence-corrected chi connectivity index (χ2v) is 4.05. The van der Waals surface area contributed by atoms with E-state index in [9.17, 15) is 10.1 Å². The number of nitrogens with one attached hydrogen (secondary N) is 1. The Labute approximate surface area is 112 Å². The summed E-state index contributed by atoms with van der Waals surface area (Å²) >= 11 is 0. The number of nitro groups is 1. The summed E-state index contributed by atoms with van der Waals surface area (Å²) < 4.78 is 0. The van der Waals surface area contributed by atoms with E-state index in [1.807, 2.05) is 6.07 Å². The van der Waals surface area contributed by atoms with Gasteiger partial charge in [0.05, 0.1) is 4.92 Å². The van der Waals surface area contributed by atoms with Gasteiger partial charge in [-0.2, -0.15) is 5.26 Å². The van der Waals surface area contributed by atoms with Gasteiger partial charge in [-0.1, -0.05) is 13.8 Å². The van der Waals surface area contributed by atoms with Crippen LogP contribution < -0.4 is 5.32 Å². The topological polar surface area (TPSA) is 82.2 Å². The molecule has 0 aromatic heterocycles. The van der Waals surface area contributed by atoms with Crippen LogP contribution in [0.15, 0.2) is 18.2 Å². The average Bonchev–Trinajstić information content (AvgIpc) is 2.43. The van der Waals surface area contributed by atoms with E-state index in [0.29, 0.717) is 12.2 Å². The molecule has 6 nitrogen and oxygen atoms in total. The molecule has 1 rings (SSSR count). The standard InChI is InChI=1S/C13H18N4O2/c1-3-16(4-2)8-7-15-12-6-5-11(10-14)13(9-12)17(18)19/h5-6,9,15H,3-4,7-8H2,1-2H3. The number of hydrogen-bond donors (Lipinski definition) is 1. The maximum atomic E-state index is 10.8. The number of likely N-dealkylation sites (N-methyl/N-ethyl adjacent to an activating group) is 1. The van der Waals surface area contributed by atoms with Crippen molar-refractivity contribution in [1.82, 2.24) is 4.90 Å². The molecule has 102 valence electrons. The number of nitrogens with zero attached hydrogens (tertiary/aromatic N) is 3. The van der Waals surface area contributed by atoms with Crippen LogP contribution in [0, 0.1) is 21.4 Å². The first-order chi connectivity index (χ1) is 9.12. The fourth-order valence-corrected chi connectivity index (χ4v) is 1.79. The zero-order valence-electron chi connectivity index (χ0n) is 11.2. The summed E-state index contributed by atoms with van der Waals surface area (Å²) in [5, 5.41) is 22.8. The number of benzene rings is 1. The average molecular weight is 262 g/mol. The second kappa shape index (κ2) is 7.34. The van der Waals surface area contributed by atoms with Gasteiger partial charge in [-0.25, -0.2) is 0 Å². The predicted octanol–water partition coefficient (Wildman–Crippen LogP) is 2.22. The van der Waals surface area contributed by atoms with Crippen LogP contribution in [0.25, 0.3) is 0 Å². The van der Waals surface area contributed by atoms with Gasteiger partial charge in [0.15, 0.2) is 0 Å². The monoisotopic (exact) mass is 262 g/mol. The van der Waals surface area contributed by atoms with Crippen LogP contribution in [-0.2, 0) is 0 Å². The third kappa shape index (κ3) is 4.23. The van der Waals surface area contributed by atoms with Crippen molar-refractivity contribution in [1.29, 1.82) is 5.26 Å². The Morgan fingerprint density at radius 3 is 2.63 bits per heavy atom. The zero-order chi connectivity index (χ0) is 14.3. The van der Waals surface area contributed by atoms with Gasteiger partial charge in [-0.05, 0) is 25.2 Å². The van der Waals surface area contributed by atoms with Crippen molar-refractivity contribution in [3.8, 4) is 6.07 Å². The summed E-state index contributed by atoms with van der Waals surface area (Å²) in [6, 6.07) is 6.38. The Hall–Kier alpha value is -2.13. The number of hydrogen-bond acceptors (Lipinski definition) is 5. The van der Waals surface area contributed by atoms with E-state index in [1.165, 1.54) is 12.1 Å². The van der Waals surface area contributed by atoms with Crippen LogP contribution in [0.3, 0.4) is 0 Å². The molecule has 0 bridgehead atoms. The SMILES string of the molecule is CCN(CC)CCNc1ccc(C#N)c([N+](=O)[O-])c1. The molecule has 1 aromatic carbocycles. The Kier molecular flexibility index (Phi) is 5.76. The Balaban J connectivity index is 2.68.